The molecule has 2 aromatic carbocycles. The second-order valence-electron chi connectivity index (χ2n) is 4.61. The summed E-state index contributed by atoms with van der Waals surface area (Å²) in [6, 6.07) is 13.2. The Kier molecular flexibility index (Phi) is 6.32. The molecule has 0 aromatic heterocycles. The maximum absolute atomic E-state index is 11.6. The molecule has 0 saturated heterocycles. The van der Waals surface area contributed by atoms with Crippen molar-refractivity contribution in [3.05, 3.63) is 64.2 Å². The summed E-state index contributed by atoms with van der Waals surface area (Å²) in [5.41, 5.74) is 3.18. The van der Waals surface area contributed by atoms with Crippen LogP contribution in [-0.2, 0) is 4.79 Å². The number of amides is 1. The van der Waals surface area contributed by atoms with Crippen molar-refractivity contribution < 1.29 is 14.5 Å². The lowest BCUT2D eigenvalue weighted by atomic mass is 10.2. The Balaban J connectivity index is 1.78. The summed E-state index contributed by atoms with van der Waals surface area (Å²) in [4.78, 5) is 22.8. The Bertz CT molecular complexity index is 730. The number of rotatable bonds is 7. The number of nitro benzene ring substituents is 1. The Labute approximate surface area is 142 Å². The van der Waals surface area contributed by atoms with Crippen LogP contribution in [0.3, 0.4) is 0 Å². The summed E-state index contributed by atoms with van der Waals surface area (Å²) in [6.07, 6.45) is 3.53. The third-order valence-corrected chi connectivity index (χ3v) is 3.68. The molecule has 0 fully saturated rings. The minimum Gasteiger partial charge on any atom is -0.484 e. The van der Waals surface area contributed by atoms with E-state index in [2.05, 4.69) is 10.5 Å². The van der Waals surface area contributed by atoms with Crippen molar-refractivity contribution in [1.29, 1.82) is 0 Å². The van der Waals surface area contributed by atoms with Crippen molar-refractivity contribution in [2.45, 2.75) is 4.90 Å². The average Bonchev–Trinajstić information content (AvgIpc) is 2.61. The van der Waals surface area contributed by atoms with Gasteiger partial charge in [0.25, 0.3) is 11.6 Å². The molecular formula is C16H15N3O4S. The van der Waals surface area contributed by atoms with Crippen LogP contribution < -0.4 is 10.2 Å². The van der Waals surface area contributed by atoms with Gasteiger partial charge in [0, 0.05) is 17.0 Å². The Morgan fingerprint density at radius 1 is 1.25 bits per heavy atom. The number of benzene rings is 2. The molecular weight excluding hydrogens is 330 g/mol. The smallest absolute Gasteiger partial charge is 0.277 e. The highest BCUT2D eigenvalue weighted by Crippen LogP contribution is 2.17. The highest BCUT2D eigenvalue weighted by Gasteiger charge is 2.06. The minimum absolute atomic E-state index is 0.0381. The van der Waals surface area contributed by atoms with Gasteiger partial charge in [-0.25, -0.2) is 5.43 Å². The second kappa shape index (κ2) is 8.68. The zero-order valence-corrected chi connectivity index (χ0v) is 13.7. The Morgan fingerprint density at radius 3 is 2.50 bits per heavy atom. The van der Waals surface area contributed by atoms with E-state index in [4.69, 9.17) is 4.74 Å². The van der Waals surface area contributed by atoms with Crippen LogP contribution in [0.2, 0.25) is 0 Å². The topological polar surface area (TPSA) is 93.8 Å². The van der Waals surface area contributed by atoms with Crippen molar-refractivity contribution in [2.75, 3.05) is 12.9 Å². The number of carbonyl (C=O) groups excluding carboxylic acids is 1. The SMILES string of the molecule is CSc1ccc(C=NNC(=O)COc2ccc([N+](=O)[O-])cc2)cc1. The van der Waals surface area contributed by atoms with E-state index in [1.165, 1.54) is 30.5 Å². The quantitative estimate of drug-likeness (QED) is 0.360. The monoisotopic (exact) mass is 345 g/mol. The summed E-state index contributed by atoms with van der Waals surface area (Å²) >= 11 is 1.65. The van der Waals surface area contributed by atoms with Gasteiger partial charge < -0.3 is 4.74 Å². The molecule has 1 N–H and O–H groups in total. The molecule has 124 valence electrons. The number of ether oxygens (including phenoxy) is 1. The average molecular weight is 345 g/mol. The Hall–Kier alpha value is -2.87. The third kappa shape index (κ3) is 5.40. The van der Waals surface area contributed by atoms with E-state index >= 15 is 0 Å². The Morgan fingerprint density at radius 2 is 1.92 bits per heavy atom. The number of carbonyl (C=O) groups is 1. The summed E-state index contributed by atoms with van der Waals surface area (Å²) in [6.45, 7) is -0.236. The molecule has 1 amide bonds. The molecule has 0 atom stereocenters. The number of thioether (sulfide) groups is 1. The van der Waals surface area contributed by atoms with Gasteiger partial charge in [0.1, 0.15) is 5.75 Å². The molecule has 0 heterocycles. The van der Waals surface area contributed by atoms with E-state index in [0.717, 1.165) is 10.5 Å². The van der Waals surface area contributed by atoms with Gasteiger partial charge in [-0.15, -0.1) is 11.8 Å². The number of hydrogen-bond donors (Lipinski definition) is 1. The number of hydrazone groups is 1. The minimum atomic E-state index is -0.503. The van der Waals surface area contributed by atoms with Crippen LogP contribution in [0.5, 0.6) is 5.75 Å². The standard InChI is InChI=1S/C16H15N3O4S/c1-24-15-8-2-12(3-9-15)10-17-18-16(20)11-23-14-6-4-13(5-7-14)19(21)22/h2-10H,11H2,1H3,(H,18,20). The normalized spacial score (nSPS) is 10.5. The van der Waals surface area contributed by atoms with Gasteiger partial charge in [0.2, 0.25) is 0 Å². The van der Waals surface area contributed by atoms with E-state index < -0.39 is 10.8 Å². The lowest BCUT2D eigenvalue weighted by Gasteiger charge is -2.04. The number of hydrogen-bond acceptors (Lipinski definition) is 6. The van der Waals surface area contributed by atoms with E-state index in [0.29, 0.717) is 5.75 Å². The first-order chi connectivity index (χ1) is 11.6. The maximum atomic E-state index is 11.6. The highest BCUT2D eigenvalue weighted by atomic mass is 32.2. The van der Waals surface area contributed by atoms with Crippen molar-refractivity contribution in [2.24, 2.45) is 5.10 Å². The fourth-order valence-corrected chi connectivity index (χ4v) is 2.12. The lowest BCUT2D eigenvalue weighted by molar-refractivity contribution is -0.384. The molecule has 8 heteroatoms. The molecule has 0 bridgehead atoms. The molecule has 0 aliphatic heterocycles. The molecule has 0 unspecified atom stereocenters. The first-order valence-corrected chi connectivity index (χ1v) is 8.14. The van der Waals surface area contributed by atoms with E-state index in [9.17, 15) is 14.9 Å². The number of non-ortho nitro benzene ring substituents is 1. The number of nitrogens with one attached hydrogen (secondary N) is 1. The van der Waals surface area contributed by atoms with Gasteiger partial charge in [-0.3, -0.25) is 14.9 Å². The maximum Gasteiger partial charge on any atom is 0.277 e. The second-order valence-corrected chi connectivity index (χ2v) is 5.49. The van der Waals surface area contributed by atoms with E-state index in [1.54, 1.807) is 11.8 Å². The first kappa shape index (κ1) is 17.5. The summed E-state index contributed by atoms with van der Waals surface area (Å²) in [5, 5.41) is 14.4. The van der Waals surface area contributed by atoms with E-state index in [1.807, 2.05) is 30.5 Å². The zero-order chi connectivity index (χ0) is 17.4. The van der Waals surface area contributed by atoms with Gasteiger partial charge in [0.15, 0.2) is 6.61 Å². The van der Waals surface area contributed by atoms with Crippen LogP contribution >= 0.6 is 11.8 Å². The molecule has 0 saturated carbocycles. The van der Waals surface area contributed by atoms with Crippen molar-refractivity contribution >= 4 is 29.6 Å². The largest absolute Gasteiger partial charge is 0.484 e. The third-order valence-electron chi connectivity index (χ3n) is 2.94. The summed E-state index contributed by atoms with van der Waals surface area (Å²) < 4.78 is 5.22. The molecule has 0 radical (unpaired) electrons. The summed E-state index contributed by atoms with van der Waals surface area (Å²) in [5.74, 6) is -0.0577. The van der Waals surface area contributed by atoms with Crippen molar-refractivity contribution in [3.8, 4) is 5.75 Å². The van der Waals surface area contributed by atoms with Crippen molar-refractivity contribution in [1.82, 2.24) is 5.43 Å². The van der Waals surface area contributed by atoms with Gasteiger partial charge in [-0.05, 0) is 36.1 Å². The molecule has 24 heavy (non-hydrogen) atoms. The van der Waals surface area contributed by atoms with Crippen LogP contribution in [0, 0.1) is 10.1 Å². The molecule has 7 nitrogen and oxygen atoms in total. The molecule has 2 aromatic rings. The van der Waals surface area contributed by atoms with Crippen LogP contribution in [0.4, 0.5) is 5.69 Å². The lowest BCUT2D eigenvalue weighted by Crippen LogP contribution is -2.24. The van der Waals surface area contributed by atoms with Gasteiger partial charge >= 0.3 is 0 Å². The molecule has 0 aliphatic carbocycles. The fraction of sp³-hybridized carbons (Fsp3) is 0.125. The predicted molar refractivity (Wildman–Crippen MR) is 92.6 cm³/mol. The van der Waals surface area contributed by atoms with Crippen LogP contribution in [0.25, 0.3) is 0 Å². The van der Waals surface area contributed by atoms with Gasteiger partial charge in [-0.1, -0.05) is 12.1 Å². The van der Waals surface area contributed by atoms with Gasteiger partial charge in [-0.2, -0.15) is 5.10 Å². The molecule has 0 aliphatic rings. The van der Waals surface area contributed by atoms with Gasteiger partial charge in [0.05, 0.1) is 11.1 Å². The van der Waals surface area contributed by atoms with Crippen LogP contribution in [0.15, 0.2) is 58.5 Å². The fourth-order valence-electron chi connectivity index (χ4n) is 1.71. The van der Waals surface area contributed by atoms with Crippen LogP contribution in [-0.4, -0.2) is 29.9 Å². The first-order valence-electron chi connectivity index (χ1n) is 6.91. The molecule has 0 spiro atoms. The number of nitro groups is 1. The van der Waals surface area contributed by atoms with E-state index in [-0.39, 0.29) is 12.3 Å². The number of nitrogens with zero attached hydrogens (tertiary/aromatic N) is 2. The summed E-state index contributed by atoms with van der Waals surface area (Å²) in [7, 11) is 0. The zero-order valence-electron chi connectivity index (χ0n) is 12.8. The van der Waals surface area contributed by atoms with Crippen LogP contribution in [0.1, 0.15) is 5.56 Å². The predicted octanol–water partition coefficient (Wildman–Crippen LogP) is 2.85. The molecule has 2 rings (SSSR count). The van der Waals surface area contributed by atoms with Crippen molar-refractivity contribution in [3.63, 3.8) is 0 Å². The highest BCUT2D eigenvalue weighted by molar-refractivity contribution is 7.98.